The van der Waals surface area contributed by atoms with Crippen molar-refractivity contribution in [3.05, 3.63) is 70.7 Å². The minimum absolute atomic E-state index is 0.0466. The van der Waals surface area contributed by atoms with E-state index in [1.165, 1.54) is 0 Å². The third-order valence-corrected chi connectivity index (χ3v) is 3.28. The van der Waals surface area contributed by atoms with Crippen molar-refractivity contribution >= 4 is 23.5 Å². The van der Waals surface area contributed by atoms with Crippen LogP contribution in [0.5, 0.6) is 0 Å². The second-order valence-electron chi connectivity index (χ2n) is 4.69. The molecule has 6 heteroatoms. The van der Waals surface area contributed by atoms with Gasteiger partial charge in [-0.15, -0.1) is 0 Å². The maximum Gasteiger partial charge on any atom is 0.318 e. The molecule has 1 unspecified atom stereocenters. The molecule has 0 radical (unpaired) electrons. The molecule has 5 nitrogen and oxygen atoms in total. The van der Waals surface area contributed by atoms with Gasteiger partial charge >= 0.3 is 6.03 Å². The fourth-order valence-corrected chi connectivity index (χ4v) is 2.33. The Kier molecular flexibility index (Phi) is 5.52. The van der Waals surface area contributed by atoms with E-state index in [9.17, 15) is 9.59 Å². The molecule has 0 heterocycles. The van der Waals surface area contributed by atoms with E-state index in [0.29, 0.717) is 5.02 Å². The normalized spacial score (nSPS) is 11.7. The number of carbonyl (C=O) groups is 2. The first-order valence-electron chi connectivity index (χ1n) is 6.69. The largest absolute Gasteiger partial charge is 0.351 e. The maximum atomic E-state index is 11.6. The molecule has 2 aromatic rings. The van der Waals surface area contributed by atoms with Gasteiger partial charge in [-0.2, -0.15) is 0 Å². The molecule has 0 aliphatic heterocycles. The summed E-state index contributed by atoms with van der Waals surface area (Å²) in [5, 5.41) is 5.74. The Morgan fingerprint density at radius 1 is 1.05 bits per heavy atom. The SMILES string of the molecule is NC(=O)NC(=O)CNC(c1ccccc1)c1cccc(Cl)c1. The Hall–Kier alpha value is -2.37. The van der Waals surface area contributed by atoms with Gasteiger partial charge < -0.3 is 5.73 Å². The first kappa shape index (κ1) is 16.0. The number of halogens is 1. The zero-order valence-corrected chi connectivity index (χ0v) is 12.5. The molecule has 3 amide bonds. The number of imide groups is 1. The summed E-state index contributed by atoms with van der Waals surface area (Å²) >= 11 is 6.04. The number of hydrogen-bond donors (Lipinski definition) is 3. The van der Waals surface area contributed by atoms with Gasteiger partial charge in [0.25, 0.3) is 0 Å². The second kappa shape index (κ2) is 7.59. The molecule has 0 fully saturated rings. The fourth-order valence-electron chi connectivity index (χ4n) is 2.14. The van der Waals surface area contributed by atoms with E-state index in [1.807, 2.05) is 53.8 Å². The smallest absolute Gasteiger partial charge is 0.318 e. The van der Waals surface area contributed by atoms with Crippen LogP contribution < -0.4 is 16.4 Å². The number of carbonyl (C=O) groups excluding carboxylic acids is 2. The van der Waals surface area contributed by atoms with Crippen LogP contribution in [-0.2, 0) is 4.79 Å². The minimum atomic E-state index is -0.870. The molecule has 1 atom stereocenters. The lowest BCUT2D eigenvalue weighted by Crippen LogP contribution is -2.41. The van der Waals surface area contributed by atoms with Crippen LogP contribution in [0.25, 0.3) is 0 Å². The van der Waals surface area contributed by atoms with Gasteiger partial charge in [-0.1, -0.05) is 54.1 Å². The van der Waals surface area contributed by atoms with Crippen molar-refractivity contribution in [3.8, 4) is 0 Å². The summed E-state index contributed by atoms with van der Waals surface area (Å²) in [4.78, 5) is 22.3. The number of urea groups is 1. The van der Waals surface area contributed by atoms with Crippen molar-refractivity contribution in [2.45, 2.75) is 6.04 Å². The van der Waals surface area contributed by atoms with Crippen LogP contribution in [0.4, 0.5) is 4.79 Å². The molecular formula is C16H16ClN3O2. The van der Waals surface area contributed by atoms with E-state index >= 15 is 0 Å². The fraction of sp³-hybridized carbons (Fsp3) is 0.125. The van der Waals surface area contributed by atoms with E-state index in [0.717, 1.165) is 11.1 Å². The maximum absolute atomic E-state index is 11.6. The van der Waals surface area contributed by atoms with Crippen molar-refractivity contribution in [2.24, 2.45) is 5.73 Å². The Labute approximate surface area is 133 Å². The molecule has 0 aliphatic carbocycles. The predicted octanol–water partition coefficient (Wildman–Crippen LogP) is 2.21. The van der Waals surface area contributed by atoms with Crippen molar-refractivity contribution in [1.29, 1.82) is 0 Å². The van der Waals surface area contributed by atoms with Crippen LogP contribution in [-0.4, -0.2) is 18.5 Å². The zero-order valence-electron chi connectivity index (χ0n) is 11.8. The molecule has 22 heavy (non-hydrogen) atoms. The van der Waals surface area contributed by atoms with Crippen LogP contribution in [0.1, 0.15) is 17.2 Å². The highest BCUT2D eigenvalue weighted by molar-refractivity contribution is 6.30. The van der Waals surface area contributed by atoms with Gasteiger partial charge in [0.05, 0.1) is 12.6 Å². The van der Waals surface area contributed by atoms with E-state index in [2.05, 4.69) is 5.32 Å². The first-order valence-corrected chi connectivity index (χ1v) is 7.07. The molecular weight excluding hydrogens is 302 g/mol. The standard InChI is InChI=1S/C16H16ClN3O2/c17-13-8-4-7-12(9-13)15(11-5-2-1-3-6-11)19-10-14(21)20-16(18)22/h1-9,15,19H,10H2,(H3,18,20,21,22). The van der Waals surface area contributed by atoms with Gasteiger partial charge in [0.15, 0.2) is 0 Å². The van der Waals surface area contributed by atoms with E-state index in [1.54, 1.807) is 6.07 Å². The highest BCUT2D eigenvalue weighted by Gasteiger charge is 2.15. The molecule has 0 saturated heterocycles. The van der Waals surface area contributed by atoms with Crippen LogP contribution in [0, 0.1) is 0 Å². The third kappa shape index (κ3) is 4.58. The number of nitrogens with two attached hydrogens (primary N) is 1. The van der Waals surface area contributed by atoms with Crippen LogP contribution in [0.2, 0.25) is 5.02 Å². The lowest BCUT2D eigenvalue weighted by Gasteiger charge is -2.19. The van der Waals surface area contributed by atoms with Gasteiger partial charge in [-0.3, -0.25) is 15.4 Å². The summed E-state index contributed by atoms with van der Waals surface area (Å²) in [6.07, 6.45) is 0. The number of amides is 3. The number of primary amides is 1. The Morgan fingerprint density at radius 2 is 1.73 bits per heavy atom. The molecule has 114 valence electrons. The highest BCUT2D eigenvalue weighted by Crippen LogP contribution is 2.24. The summed E-state index contributed by atoms with van der Waals surface area (Å²) in [5.74, 6) is -0.490. The Balaban J connectivity index is 2.19. The van der Waals surface area contributed by atoms with Crippen LogP contribution in [0.3, 0.4) is 0 Å². The number of benzene rings is 2. The van der Waals surface area contributed by atoms with Gasteiger partial charge in [0, 0.05) is 5.02 Å². The monoisotopic (exact) mass is 317 g/mol. The number of hydrogen-bond acceptors (Lipinski definition) is 3. The average molecular weight is 318 g/mol. The van der Waals surface area contributed by atoms with E-state index in [4.69, 9.17) is 17.3 Å². The van der Waals surface area contributed by atoms with Gasteiger partial charge in [-0.05, 0) is 23.3 Å². The van der Waals surface area contributed by atoms with E-state index < -0.39 is 11.9 Å². The average Bonchev–Trinajstić information content (AvgIpc) is 2.48. The van der Waals surface area contributed by atoms with E-state index in [-0.39, 0.29) is 12.6 Å². The molecule has 0 aromatic heterocycles. The van der Waals surface area contributed by atoms with Gasteiger partial charge in [-0.25, -0.2) is 4.79 Å². The van der Waals surface area contributed by atoms with Gasteiger partial charge in [0.2, 0.25) is 5.91 Å². The molecule has 2 rings (SSSR count). The topological polar surface area (TPSA) is 84.2 Å². The second-order valence-corrected chi connectivity index (χ2v) is 5.13. The number of rotatable bonds is 5. The lowest BCUT2D eigenvalue weighted by atomic mass is 9.99. The zero-order chi connectivity index (χ0) is 15.9. The van der Waals surface area contributed by atoms with Gasteiger partial charge in [0.1, 0.15) is 0 Å². The summed E-state index contributed by atoms with van der Waals surface area (Å²) in [6, 6.07) is 15.9. The third-order valence-electron chi connectivity index (χ3n) is 3.04. The highest BCUT2D eigenvalue weighted by atomic mass is 35.5. The molecule has 4 N–H and O–H groups in total. The Bertz CT molecular complexity index is 661. The molecule has 0 spiro atoms. The predicted molar refractivity (Wildman–Crippen MR) is 85.5 cm³/mol. The van der Waals surface area contributed by atoms with Crippen molar-refractivity contribution in [2.75, 3.05) is 6.54 Å². The number of nitrogens with one attached hydrogen (secondary N) is 2. The van der Waals surface area contributed by atoms with Crippen molar-refractivity contribution < 1.29 is 9.59 Å². The summed E-state index contributed by atoms with van der Waals surface area (Å²) in [7, 11) is 0. The van der Waals surface area contributed by atoms with Crippen molar-refractivity contribution in [3.63, 3.8) is 0 Å². The summed E-state index contributed by atoms with van der Waals surface area (Å²) in [5.41, 5.74) is 6.83. The molecule has 0 aliphatic rings. The molecule has 0 bridgehead atoms. The molecule has 2 aromatic carbocycles. The van der Waals surface area contributed by atoms with Crippen LogP contribution >= 0.6 is 11.6 Å². The Morgan fingerprint density at radius 3 is 2.36 bits per heavy atom. The summed E-state index contributed by atoms with van der Waals surface area (Å²) in [6.45, 7) is -0.0466. The first-order chi connectivity index (χ1) is 10.6. The van der Waals surface area contributed by atoms with Crippen LogP contribution in [0.15, 0.2) is 54.6 Å². The minimum Gasteiger partial charge on any atom is -0.351 e. The summed E-state index contributed by atoms with van der Waals surface area (Å²) < 4.78 is 0. The van der Waals surface area contributed by atoms with Crippen molar-refractivity contribution in [1.82, 2.24) is 10.6 Å². The molecule has 0 saturated carbocycles. The quantitative estimate of drug-likeness (QED) is 0.790. The lowest BCUT2D eigenvalue weighted by molar-refractivity contribution is -0.119.